The van der Waals surface area contributed by atoms with E-state index in [1.54, 1.807) is 0 Å². The van der Waals surface area contributed by atoms with Crippen LogP contribution in [-0.2, 0) is 6.42 Å². The smallest absolute Gasteiger partial charge is 0.0994 e. The maximum Gasteiger partial charge on any atom is 0.0994 e. The summed E-state index contributed by atoms with van der Waals surface area (Å²) in [5, 5.41) is 8.76. The Balaban J connectivity index is 3.36. The van der Waals surface area contributed by atoms with Gasteiger partial charge < -0.3 is 0 Å². The molecule has 1 aromatic rings. The van der Waals surface area contributed by atoms with Gasteiger partial charge in [0.1, 0.15) is 0 Å². The van der Waals surface area contributed by atoms with E-state index < -0.39 is 0 Å². The Morgan fingerprint density at radius 2 is 2.25 bits per heavy atom. The molecule has 0 aliphatic heterocycles. The number of hydrogen-bond acceptors (Lipinski definition) is 1. The normalized spacial score (nSPS) is 9.50. The third kappa shape index (κ3) is 1.61. The third-order valence-electron chi connectivity index (χ3n) is 1.91. The van der Waals surface area contributed by atoms with Crippen LogP contribution in [0.2, 0.25) is 0 Å². The van der Waals surface area contributed by atoms with Gasteiger partial charge in [-0.15, -0.1) is 0 Å². The number of benzene rings is 1. The van der Waals surface area contributed by atoms with Crippen molar-refractivity contribution >= 4 is 22.6 Å². The molecule has 0 bridgehead atoms. The van der Waals surface area contributed by atoms with Crippen LogP contribution in [0.4, 0.5) is 0 Å². The van der Waals surface area contributed by atoms with E-state index in [0.717, 1.165) is 17.5 Å². The van der Waals surface area contributed by atoms with Crippen LogP contribution in [0, 0.1) is 28.7 Å². The highest BCUT2D eigenvalue weighted by molar-refractivity contribution is 14.1. The summed E-state index contributed by atoms with van der Waals surface area (Å²) in [4.78, 5) is 0. The lowest BCUT2D eigenvalue weighted by Crippen LogP contribution is -1.94. The fraction of sp³-hybridized carbons (Fsp3) is 0.200. The lowest BCUT2D eigenvalue weighted by atomic mass is 10.0. The third-order valence-corrected chi connectivity index (χ3v) is 2.92. The van der Waals surface area contributed by atoms with Crippen LogP contribution in [0.3, 0.4) is 0 Å². The summed E-state index contributed by atoms with van der Waals surface area (Å²) in [6.07, 6.45) is 0.750. The zero-order valence-electron chi connectivity index (χ0n) is 6.89. The molecule has 0 fully saturated rings. The van der Waals surface area contributed by atoms with E-state index in [1.165, 1.54) is 9.13 Å². The second-order valence-corrected chi connectivity index (χ2v) is 3.72. The molecule has 0 heterocycles. The van der Waals surface area contributed by atoms with Crippen molar-refractivity contribution in [2.75, 3.05) is 0 Å². The number of halogens is 1. The van der Waals surface area contributed by atoms with Gasteiger partial charge in [0.15, 0.2) is 0 Å². The van der Waals surface area contributed by atoms with Gasteiger partial charge in [0, 0.05) is 3.57 Å². The van der Waals surface area contributed by atoms with E-state index in [4.69, 9.17) is 5.26 Å². The molecule has 0 amide bonds. The Hall–Kier alpha value is -0.560. The molecule has 0 atom stereocenters. The fourth-order valence-corrected chi connectivity index (χ4v) is 2.01. The minimum atomic E-state index is 0.750. The van der Waals surface area contributed by atoms with E-state index >= 15 is 0 Å². The van der Waals surface area contributed by atoms with Gasteiger partial charge >= 0.3 is 0 Å². The van der Waals surface area contributed by atoms with Crippen LogP contribution in [0.1, 0.15) is 16.7 Å². The van der Waals surface area contributed by atoms with Crippen molar-refractivity contribution in [3.63, 3.8) is 0 Å². The van der Waals surface area contributed by atoms with Crippen molar-refractivity contribution < 1.29 is 0 Å². The molecule has 1 aromatic carbocycles. The first-order valence-corrected chi connectivity index (χ1v) is 4.76. The van der Waals surface area contributed by atoms with Crippen LogP contribution in [0.5, 0.6) is 0 Å². The Morgan fingerprint density at radius 1 is 1.58 bits per heavy atom. The number of hydrogen-bond donors (Lipinski definition) is 0. The molecule has 1 nitrogen and oxygen atoms in total. The van der Waals surface area contributed by atoms with Crippen molar-refractivity contribution in [1.82, 2.24) is 0 Å². The van der Waals surface area contributed by atoms with E-state index in [2.05, 4.69) is 35.6 Å². The van der Waals surface area contributed by atoms with Gasteiger partial charge in [-0.2, -0.15) is 5.26 Å². The van der Waals surface area contributed by atoms with Crippen molar-refractivity contribution in [3.05, 3.63) is 39.3 Å². The summed E-state index contributed by atoms with van der Waals surface area (Å²) in [6, 6.07) is 5.99. The minimum absolute atomic E-state index is 0.750. The van der Waals surface area contributed by atoms with Gasteiger partial charge in [-0.1, -0.05) is 0 Å². The Morgan fingerprint density at radius 3 is 2.75 bits per heavy atom. The molecule has 0 spiro atoms. The van der Waals surface area contributed by atoms with E-state index in [9.17, 15) is 0 Å². The van der Waals surface area contributed by atoms with E-state index in [-0.39, 0.29) is 0 Å². The SMILES string of the molecule is [CH2]Cc1c(I)ccc(C#N)c1C. The number of nitriles is 1. The Labute approximate surface area is 86.5 Å². The van der Waals surface area contributed by atoms with E-state index in [0.29, 0.717) is 0 Å². The van der Waals surface area contributed by atoms with Crippen molar-refractivity contribution in [1.29, 1.82) is 5.26 Å². The molecule has 2 heteroatoms. The molecule has 0 saturated carbocycles. The van der Waals surface area contributed by atoms with Gasteiger partial charge in [-0.05, 0) is 66.1 Å². The molecule has 0 saturated heterocycles. The monoisotopic (exact) mass is 270 g/mol. The standard InChI is InChI=1S/C10H9IN/c1-3-9-7(2)8(6-12)4-5-10(9)11/h4-5H,1,3H2,2H3. The van der Waals surface area contributed by atoms with Gasteiger partial charge in [0.2, 0.25) is 0 Å². The summed E-state index contributed by atoms with van der Waals surface area (Å²) < 4.78 is 1.19. The molecule has 12 heavy (non-hydrogen) atoms. The molecular weight excluding hydrogens is 261 g/mol. The second-order valence-electron chi connectivity index (χ2n) is 2.56. The summed E-state index contributed by atoms with van der Waals surface area (Å²) in [5.41, 5.74) is 3.02. The quantitative estimate of drug-likeness (QED) is 0.720. The molecule has 0 aliphatic carbocycles. The van der Waals surface area contributed by atoms with Crippen LogP contribution in [-0.4, -0.2) is 0 Å². The lowest BCUT2D eigenvalue weighted by molar-refractivity contribution is 1.18. The zero-order valence-corrected chi connectivity index (χ0v) is 9.05. The first-order valence-electron chi connectivity index (χ1n) is 3.68. The zero-order chi connectivity index (χ0) is 9.14. The number of rotatable bonds is 1. The maximum atomic E-state index is 8.76. The van der Waals surface area contributed by atoms with Crippen LogP contribution >= 0.6 is 22.6 Å². The molecule has 1 radical (unpaired) electrons. The van der Waals surface area contributed by atoms with Crippen molar-refractivity contribution in [3.8, 4) is 6.07 Å². The van der Waals surface area contributed by atoms with Crippen LogP contribution in [0.15, 0.2) is 12.1 Å². The van der Waals surface area contributed by atoms with Crippen molar-refractivity contribution in [2.45, 2.75) is 13.3 Å². The lowest BCUT2D eigenvalue weighted by Gasteiger charge is -2.06. The highest BCUT2D eigenvalue weighted by Gasteiger charge is 2.05. The minimum Gasteiger partial charge on any atom is -0.192 e. The average Bonchev–Trinajstić information content (AvgIpc) is 2.06. The summed E-state index contributed by atoms with van der Waals surface area (Å²) >= 11 is 2.27. The molecule has 0 N–H and O–H groups in total. The first-order chi connectivity index (χ1) is 5.70. The highest BCUT2D eigenvalue weighted by Crippen LogP contribution is 2.20. The van der Waals surface area contributed by atoms with Crippen LogP contribution < -0.4 is 0 Å². The van der Waals surface area contributed by atoms with E-state index in [1.807, 2.05) is 19.1 Å². The van der Waals surface area contributed by atoms with Crippen LogP contribution in [0.25, 0.3) is 0 Å². The maximum absolute atomic E-state index is 8.76. The summed E-state index contributed by atoms with van der Waals surface area (Å²) in [7, 11) is 0. The number of nitrogens with zero attached hydrogens (tertiary/aromatic N) is 1. The molecular formula is C10H9IN. The molecule has 0 aliphatic rings. The second kappa shape index (κ2) is 3.90. The van der Waals surface area contributed by atoms with Gasteiger partial charge in [-0.25, -0.2) is 0 Å². The predicted octanol–water partition coefficient (Wildman–Crippen LogP) is 2.85. The predicted molar refractivity (Wildman–Crippen MR) is 57.7 cm³/mol. The van der Waals surface area contributed by atoms with Gasteiger partial charge in [0.25, 0.3) is 0 Å². The molecule has 61 valence electrons. The molecule has 1 rings (SSSR count). The first kappa shape index (κ1) is 9.53. The van der Waals surface area contributed by atoms with Crippen molar-refractivity contribution in [2.24, 2.45) is 0 Å². The fourth-order valence-electron chi connectivity index (χ4n) is 1.15. The molecule has 0 unspecified atom stereocenters. The Bertz CT molecular complexity index is 336. The Kier molecular flexibility index (Phi) is 3.10. The largest absolute Gasteiger partial charge is 0.192 e. The highest BCUT2D eigenvalue weighted by atomic mass is 127. The molecule has 0 aromatic heterocycles. The summed E-state index contributed by atoms with van der Waals surface area (Å²) in [5.74, 6) is 0. The summed E-state index contributed by atoms with van der Waals surface area (Å²) in [6.45, 7) is 5.81. The van der Waals surface area contributed by atoms with Gasteiger partial charge in [0.05, 0.1) is 11.6 Å². The average molecular weight is 270 g/mol. The topological polar surface area (TPSA) is 23.8 Å². The van der Waals surface area contributed by atoms with Gasteiger partial charge in [-0.3, -0.25) is 0 Å².